The Hall–Kier alpha value is -3.21. The first-order chi connectivity index (χ1) is 11.5. The van der Waals surface area contributed by atoms with Crippen LogP contribution in [-0.4, -0.2) is 17.8 Å². The van der Waals surface area contributed by atoms with Crippen molar-refractivity contribution < 1.29 is 19.1 Å². The van der Waals surface area contributed by atoms with Gasteiger partial charge in [-0.2, -0.15) is 0 Å². The fourth-order valence-corrected chi connectivity index (χ4v) is 2.34. The molecule has 0 saturated carbocycles. The third kappa shape index (κ3) is 3.25. The Kier molecular flexibility index (Phi) is 4.24. The molecule has 0 spiro atoms. The third-order valence-electron chi connectivity index (χ3n) is 3.64. The molecule has 2 aromatic carbocycles. The number of hydrogen-bond acceptors (Lipinski definition) is 4. The lowest BCUT2D eigenvalue weighted by molar-refractivity contribution is -0.119. The van der Waals surface area contributed by atoms with E-state index in [-0.39, 0.29) is 12.2 Å². The average Bonchev–Trinajstić information content (AvgIpc) is 2.93. The smallest absolute Gasteiger partial charge is 0.338 e. The molecule has 2 aromatic rings. The van der Waals surface area contributed by atoms with Gasteiger partial charge in [0.15, 0.2) is 0 Å². The highest BCUT2D eigenvalue weighted by atomic mass is 16.5. The van der Waals surface area contributed by atoms with E-state index in [1.807, 2.05) is 31.2 Å². The van der Waals surface area contributed by atoms with Gasteiger partial charge in [-0.05, 0) is 30.7 Å². The molecular formula is C19H15NO4. The van der Waals surface area contributed by atoms with Crippen LogP contribution in [0.5, 0.6) is 0 Å². The Morgan fingerprint density at radius 2 is 1.67 bits per heavy atom. The summed E-state index contributed by atoms with van der Waals surface area (Å²) in [7, 11) is 0. The zero-order valence-corrected chi connectivity index (χ0v) is 13.1. The molecule has 1 aliphatic rings. The van der Waals surface area contributed by atoms with Gasteiger partial charge in [-0.3, -0.25) is 9.59 Å². The third-order valence-corrected chi connectivity index (χ3v) is 3.64. The van der Waals surface area contributed by atoms with Gasteiger partial charge in [-0.15, -0.1) is 0 Å². The van der Waals surface area contributed by atoms with E-state index in [9.17, 15) is 14.4 Å². The summed E-state index contributed by atoms with van der Waals surface area (Å²) in [6.07, 6.45) is 2.40. The average molecular weight is 321 g/mol. The van der Waals surface area contributed by atoms with Gasteiger partial charge in [0.1, 0.15) is 6.61 Å². The molecule has 0 saturated heterocycles. The summed E-state index contributed by atoms with van der Waals surface area (Å²) >= 11 is 0. The molecule has 24 heavy (non-hydrogen) atoms. The van der Waals surface area contributed by atoms with Crippen molar-refractivity contribution in [2.24, 2.45) is 0 Å². The topological polar surface area (TPSA) is 63.7 Å². The second-order valence-corrected chi connectivity index (χ2v) is 5.46. The molecule has 0 N–H and O–H groups in total. The van der Waals surface area contributed by atoms with Crippen molar-refractivity contribution in [1.82, 2.24) is 0 Å². The van der Waals surface area contributed by atoms with E-state index in [1.165, 1.54) is 18.2 Å². The Morgan fingerprint density at radius 1 is 1.00 bits per heavy atom. The highest BCUT2D eigenvalue weighted by molar-refractivity contribution is 6.28. The summed E-state index contributed by atoms with van der Waals surface area (Å²) in [6.45, 7) is 2.14. The molecule has 0 bridgehead atoms. The maximum atomic E-state index is 12.2. The summed E-state index contributed by atoms with van der Waals surface area (Å²) in [4.78, 5) is 36.6. The minimum atomic E-state index is -0.510. The number of esters is 1. The number of amides is 2. The van der Waals surface area contributed by atoms with Crippen LogP contribution >= 0.6 is 0 Å². The van der Waals surface area contributed by atoms with Gasteiger partial charge in [-0.1, -0.05) is 35.9 Å². The Morgan fingerprint density at radius 3 is 2.33 bits per heavy atom. The van der Waals surface area contributed by atoms with Crippen LogP contribution in [0.1, 0.15) is 21.5 Å². The van der Waals surface area contributed by atoms with E-state index in [4.69, 9.17) is 4.74 Å². The van der Waals surface area contributed by atoms with Crippen molar-refractivity contribution in [3.05, 3.63) is 77.4 Å². The molecule has 3 rings (SSSR count). The molecular weight excluding hydrogens is 306 g/mol. The Balaban J connectivity index is 1.71. The van der Waals surface area contributed by atoms with Crippen LogP contribution in [0.25, 0.3) is 0 Å². The molecule has 0 unspecified atom stereocenters. The molecule has 0 aliphatic carbocycles. The lowest BCUT2D eigenvalue weighted by Crippen LogP contribution is -2.29. The quantitative estimate of drug-likeness (QED) is 0.641. The molecule has 0 radical (unpaired) electrons. The fraction of sp³-hybridized carbons (Fsp3) is 0.105. The van der Waals surface area contributed by atoms with Crippen LogP contribution < -0.4 is 4.90 Å². The second kappa shape index (κ2) is 6.50. The number of hydrogen-bond donors (Lipinski definition) is 0. The number of anilines is 1. The maximum Gasteiger partial charge on any atom is 0.338 e. The molecule has 0 fully saturated rings. The van der Waals surface area contributed by atoms with Crippen LogP contribution in [0.3, 0.4) is 0 Å². The number of imide groups is 1. The summed E-state index contributed by atoms with van der Waals surface area (Å²) < 4.78 is 5.28. The molecule has 5 nitrogen and oxygen atoms in total. The number of aryl methyl sites for hydroxylation is 1. The molecule has 5 heteroatoms. The summed E-state index contributed by atoms with van der Waals surface area (Å²) in [5.41, 5.74) is 2.65. The monoisotopic (exact) mass is 321 g/mol. The standard InChI is InChI=1S/C19H15NO4/c1-13-5-7-14(8-6-13)12-24-19(23)15-3-2-4-16(11-15)20-17(21)9-10-18(20)22/h2-11H,12H2,1H3. The van der Waals surface area contributed by atoms with Gasteiger partial charge in [-0.25, -0.2) is 9.69 Å². The van der Waals surface area contributed by atoms with Gasteiger partial charge < -0.3 is 4.74 Å². The number of nitrogens with zero attached hydrogens (tertiary/aromatic N) is 1. The SMILES string of the molecule is Cc1ccc(COC(=O)c2cccc(N3C(=O)C=CC3=O)c2)cc1. The highest BCUT2D eigenvalue weighted by Crippen LogP contribution is 2.21. The van der Waals surface area contributed by atoms with Gasteiger partial charge in [0.2, 0.25) is 0 Å². The largest absolute Gasteiger partial charge is 0.457 e. The number of ether oxygens (including phenoxy) is 1. The summed E-state index contributed by atoms with van der Waals surface area (Å²) in [5, 5.41) is 0. The predicted octanol–water partition coefficient (Wildman–Crippen LogP) is 2.78. The first kappa shape index (κ1) is 15.7. The van der Waals surface area contributed by atoms with Crippen molar-refractivity contribution >= 4 is 23.5 Å². The van der Waals surface area contributed by atoms with Crippen LogP contribution in [0.2, 0.25) is 0 Å². The van der Waals surface area contributed by atoms with Crippen molar-refractivity contribution in [3.63, 3.8) is 0 Å². The van der Waals surface area contributed by atoms with Crippen molar-refractivity contribution in [2.45, 2.75) is 13.5 Å². The highest BCUT2D eigenvalue weighted by Gasteiger charge is 2.25. The molecule has 0 aromatic heterocycles. The van der Waals surface area contributed by atoms with Gasteiger partial charge in [0, 0.05) is 12.2 Å². The van der Waals surface area contributed by atoms with E-state index in [2.05, 4.69) is 0 Å². The lowest BCUT2D eigenvalue weighted by atomic mass is 10.1. The molecule has 120 valence electrons. The minimum absolute atomic E-state index is 0.159. The molecule has 2 amide bonds. The molecule has 0 atom stereocenters. The zero-order valence-electron chi connectivity index (χ0n) is 13.1. The van der Waals surface area contributed by atoms with E-state index in [0.29, 0.717) is 5.69 Å². The zero-order chi connectivity index (χ0) is 17.1. The first-order valence-corrected chi connectivity index (χ1v) is 7.43. The van der Waals surface area contributed by atoms with Crippen LogP contribution in [0.15, 0.2) is 60.7 Å². The number of benzene rings is 2. The van der Waals surface area contributed by atoms with Gasteiger partial charge in [0.05, 0.1) is 11.3 Å². The molecule has 1 aliphatic heterocycles. The van der Waals surface area contributed by atoms with Crippen LogP contribution in [-0.2, 0) is 20.9 Å². The Labute approximate surface area is 139 Å². The minimum Gasteiger partial charge on any atom is -0.457 e. The van der Waals surface area contributed by atoms with E-state index >= 15 is 0 Å². The van der Waals surface area contributed by atoms with Crippen molar-refractivity contribution in [2.75, 3.05) is 4.90 Å². The second-order valence-electron chi connectivity index (χ2n) is 5.46. The van der Waals surface area contributed by atoms with E-state index < -0.39 is 17.8 Å². The fourth-order valence-electron chi connectivity index (χ4n) is 2.34. The number of rotatable bonds is 4. The van der Waals surface area contributed by atoms with E-state index in [1.54, 1.807) is 18.2 Å². The molecule has 1 heterocycles. The van der Waals surface area contributed by atoms with Crippen molar-refractivity contribution in [1.29, 1.82) is 0 Å². The summed E-state index contributed by atoms with van der Waals surface area (Å²) in [5.74, 6) is -1.36. The van der Waals surface area contributed by atoms with Crippen molar-refractivity contribution in [3.8, 4) is 0 Å². The lowest BCUT2D eigenvalue weighted by Gasteiger charge is -2.14. The van der Waals surface area contributed by atoms with Crippen LogP contribution in [0, 0.1) is 6.92 Å². The van der Waals surface area contributed by atoms with E-state index in [0.717, 1.165) is 16.0 Å². The first-order valence-electron chi connectivity index (χ1n) is 7.43. The number of carbonyl (C=O) groups is 3. The van der Waals surface area contributed by atoms with Gasteiger partial charge in [0.25, 0.3) is 11.8 Å². The van der Waals surface area contributed by atoms with Gasteiger partial charge >= 0.3 is 5.97 Å². The van der Waals surface area contributed by atoms with Crippen LogP contribution in [0.4, 0.5) is 5.69 Å². The predicted molar refractivity (Wildman–Crippen MR) is 88.4 cm³/mol. The number of carbonyl (C=O) groups excluding carboxylic acids is 3. The summed E-state index contributed by atoms with van der Waals surface area (Å²) in [6, 6.07) is 13.9. The maximum absolute atomic E-state index is 12.2. The normalized spacial score (nSPS) is 13.5. The Bertz CT molecular complexity index is 819.